The molecule has 0 bridgehead atoms. The molecule has 2 N–H and O–H groups in total. The van der Waals surface area contributed by atoms with E-state index in [-0.39, 0.29) is 5.41 Å². The summed E-state index contributed by atoms with van der Waals surface area (Å²) in [6.07, 6.45) is 2.44. The van der Waals surface area contributed by atoms with Crippen molar-refractivity contribution in [3.05, 3.63) is 35.4 Å². The zero-order valence-corrected chi connectivity index (χ0v) is 11.6. The minimum atomic E-state index is 0.249. The van der Waals surface area contributed by atoms with Gasteiger partial charge in [-0.05, 0) is 35.3 Å². The largest absolute Gasteiger partial charge is 0.330 e. The molecule has 0 unspecified atom stereocenters. The highest BCUT2D eigenvalue weighted by Gasteiger charge is 2.48. The summed E-state index contributed by atoms with van der Waals surface area (Å²) in [5, 5.41) is 0. The lowest BCUT2D eigenvalue weighted by molar-refractivity contribution is 0.0634. The number of nitrogens with two attached hydrogens (primary N) is 1. The first-order valence-electron chi connectivity index (χ1n) is 6.69. The van der Waals surface area contributed by atoms with E-state index >= 15 is 0 Å². The van der Waals surface area contributed by atoms with Crippen molar-refractivity contribution in [2.75, 3.05) is 6.54 Å². The molecule has 0 spiro atoms. The van der Waals surface area contributed by atoms with Gasteiger partial charge in [-0.25, -0.2) is 0 Å². The van der Waals surface area contributed by atoms with Gasteiger partial charge in [0.15, 0.2) is 0 Å². The summed E-state index contributed by atoms with van der Waals surface area (Å²) in [5.74, 6) is 0.607. The summed E-state index contributed by atoms with van der Waals surface area (Å²) in [6.45, 7) is 9.92. The molecule has 2 rings (SSSR count). The molecule has 1 fully saturated rings. The Hall–Kier alpha value is -0.820. The average molecular weight is 231 g/mol. The maximum absolute atomic E-state index is 6.02. The van der Waals surface area contributed by atoms with Crippen LogP contribution >= 0.6 is 0 Å². The average Bonchev–Trinajstić information content (AvgIpc) is 2.25. The summed E-state index contributed by atoms with van der Waals surface area (Å²) < 4.78 is 0. The van der Waals surface area contributed by atoms with E-state index in [1.807, 2.05) is 0 Å². The maximum atomic E-state index is 6.02. The van der Waals surface area contributed by atoms with E-state index in [9.17, 15) is 0 Å². The molecule has 0 amide bonds. The van der Waals surface area contributed by atoms with Crippen LogP contribution in [0.15, 0.2) is 24.3 Å². The zero-order chi connectivity index (χ0) is 12.7. The monoisotopic (exact) mass is 231 g/mol. The third-order valence-corrected chi connectivity index (χ3v) is 4.21. The van der Waals surface area contributed by atoms with Crippen LogP contribution in [0.2, 0.25) is 0 Å². The number of hydrogen-bond acceptors (Lipinski definition) is 1. The van der Waals surface area contributed by atoms with Gasteiger partial charge in [0.2, 0.25) is 0 Å². The van der Waals surface area contributed by atoms with Crippen LogP contribution in [0, 0.1) is 5.41 Å². The van der Waals surface area contributed by atoms with E-state index in [0.29, 0.717) is 11.3 Å². The van der Waals surface area contributed by atoms with Crippen molar-refractivity contribution < 1.29 is 0 Å². The lowest BCUT2D eigenvalue weighted by Crippen LogP contribution is -2.51. The van der Waals surface area contributed by atoms with Gasteiger partial charge in [0.05, 0.1) is 0 Å². The second kappa shape index (κ2) is 4.13. The third kappa shape index (κ3) is 2.26. The first kappa shape index (κ1) is 12.6. The van der Waals surface area contributed by atoms with Crippen molar-refractivity contribution >= 4 is 0 Å². The highest BCUT2D eigenvalue weighted by Crippen LogP contribution is 2.54. The molecule has 0 aromatic heterocycles. The van der Waals surface area contributed by atoms with Crippen LogP contribution < -0.4 is 5.73 Å². The van der Waals surface area contributed by atoms with Gasteiger partial charge >= 0.3 is 0 Å². The highest BCUT2D eigenvalue weighted by molar-refractivity contribution is 5.34. The molecule has 0 atom stereocenters. The predicted octanol–water partition coefficient (Wildman–Crippen LogP) is 3.83. The molecular weight excluding hydrogens is 206 g/mol. The Morgan fingerprint density at radius 1 is 1.12 bits per heavy atom. The van der Waals surface area contributed by atoms with Gasteiger partial charge in [0.25, 0.3) is 0 Å². The molecule has 0 aliphatic heterocycles. The Bertz CT molecular complexity index is 378. The number of benzene rings is 1. The SMILES string of the molecule is CC(C)c1ccc(C2(CN)CC(C)(C)C2)cc1. The molecule has 1 heteroatoms. The summed E-state index contributed by atoms with van der Waals surface area (Å²) in [6, 6.07) is 9.11. The molecule has 0 saturated heterocycles. The molecule has 17 heavy (non-hydrogen) atoms. The van der Waals surface area contributed by atoms with Crippen molar-refractivity contribution in [3.63, 3.8) is 0 Å². The number of hydrogen-bond donors (Lipinski definition) is 1. The van der Waals surface area contributed by atoms with Crippen molar-refractivity contribution in [2.45, 2.75) is 51.9 Å². The first-order valence-corrected chi connectivity index (χ1v) is 6.69. The molecule has 1 aliphatic rings. The molecule has 1 saturated carbocycles. The van der Waals surface area contributed by atoms with E-state index in [4.69, 9.17) is 5.73 Å². The Morgan fingerprint density at radius 3 is 2.00 bits per heavy atom. The van der Waals surface area contributed by atoms with Crippen molar-refractivity contribution in [1.29, 1.82) is 0 Å². The highest BCUT2D eigenvalue weighted by atomic mass is 14.7. The van der Waals surface area contributed by atoms with Gasteiger partial charge in [-0.2, -0.15) is 0 Å². The molecule has 1 nitrogen and oxygen atoms in total. The van der Waals surface area contributed by atoms with Crippen molar-refractivity contribution in [3.8, 4) is 0 Å². The Labute approximate surface area is 105 Å². The molecular formula is C16H25N. The lowest BCUT2D eigenvalue weighted by Gasteiger charge is -2.53. The van der Waals surface area contributed by atoms with Gasteiger partial charge in [-0.1, -0.05) is 52.0 Å². The van der Waals surface area contributed by atoms with E-state index in [1.165, 1.54) is 24.0 Å². The minimum absolute atomic E-state index is 0.249. The van der Waals surface area contributed by atoms with Crippen molar-refractivity contribution in [2.24, 2.45) is 11.1 Å². The normalized spacial score (nSPS) is 21.3. The minimum Gasteiger partial charge on any atom is -0.330 e. The van der Waals surface area contributed by atoms with Crippen LogP contribution in [0.4, 0.5) is 0 Å². The van der Waals surface area contributed by atoms with E-state index in [1.54, 1.807) is 0 Å². The number of rotatable bonds is 3. The fourth-order valence-corrected chi connectivity index (χ4v) is 3.47. The van der Waals surface area contributed by atoms with Gasteiger partial charge < -0.3 is 5.73 Å². The fraction of sp³-hybridized carbons (Fsp3) is 0.625. The van der Waals surface area contributed by atoms with Gasteiger partial charge in [-0.3, -0.25) is 0 Å². The Morgan fingerprint density at radius 2 is 1.65 bits per heavy atom. The summed E-state index contributed by atoms with van der Waals surface area (Å²) in [5.41, 5.74) is 9.59. The molecule has 1 aliphatic carbocycles. The quantitative estimate of drug-likeness (QED) is 0.840. The zero-order valence-electron chi connectivity index (χ0n) is 11.6. The first-order chi connectivity index (χ1) is 7.88. The molecule has 0 heterocycles. The lowest BCUT2D eigenvalue weighted by atomic mass is 9.52. The fourth-order valence-electron chi connectivity index (χ4n) is 3.47. The van der Waals surface area contributed by atoms with Crippen LogP contribution in [0.1, 0.15) is 57.6 Å². The summed E-state index contributed by atoms with van der Waals surface area (Å²) in [7, 11) is 0. The van der Waals surface area contributed by atoms with Crippen LogP contribution in [-0.2, 0) is 5.41 Å². The maximum Gasteiger partial charge on any atom is 0.00857 e. The van der Waals surface area contributed by atoms with Crippen molar-refractivity contribution in [1.82, 2.24) is 0 Å². The van der Waals surface area contributed by atoms with Crippen LogP contribution in [-0.4, -0.2) is 6.54 Å². The Balaban J connectivity index is 2.22. The van der Waals surface area contributed by atoms with Gasteiger partial charge in [-0.15, -0.1) is 0 Å². The Kier molecular flexibility index (Phi) is 3.07. The summed E-state index contributed by atoms with van der Waals surface area (Å²) in [4.78, 5) is 0. The molecule has 94 valence electrons. The smallest absolute Gasteiger partial charge is 0.00857 e. The third-order valence-electron chi connectivity index (χ3n) is 4.21. The van der Waals surface area contributed by atoms with Gasteiger partial charge in [0.1, 0.15) is 0 Å². The second-order valence-electron chi connectivity index (χ2n) is 6.78. The predicted molar refractivity (Wildman–Crippen MR) is 74.3 cm³/mol. The second-order valence-corrected chi connectivity index (χ2v) is 6.78. The topological polar surface area (TPSA) is 26.0 Å². The standard InChI is InChI=1S/C16H25N/c1-12(2)13-5-7-14(8-6-13)16(11-17)9-15(3,4)10-16/h5-8,12H,9-11,17H2,1-4H3. The summed E-state index contributed by atoms with van der Waals surface area (Å²) >= 11 is 0. The van der Waals surface area contributed by atoms with Gasteiger partial charge in [0, 0.05) is 12.0 Å². The van der Waals surface area contributed by atoms with Crippen LogP contribution in [0.5, 0.6) is 0 Å². The van der Waals surface area contributed by atoms with E-state index in [0.717, 1.165) is 6.54 Å². The van der Waals surface area contributed by atoms with Crippen LogP contribution in [0.25, 0.3) is 0 Å². The van der Waals surface area contributed by atoms with Crippen LogP contribution in [0.3, 0.4) is 0 Å². The van der Waals surface area contributed by atoms with E-state index in [2.05, 4.69) is 52.0 Å². The molecule has 0 radical (unpaired) electrons. The molecule has 1 aromatic rings. The molecule has 1 aromatic carbocycles. The van der Waals surface area contributed by atoms with E-state index < -0.39 is 0 Å².